The van der Waals surface area contributed by atoms with Crippen molar-refractivity contribution in [2.24, 2.45) is 11.8 Å². The second-order valence-corrected chi connectivity index (χ2v) is 4.20. The highest BCUT2D eigenvalue weighted by atomic mass is 15.1. The van der Waals surface area contributed by atoms with Crippen molar-refractivity contribution in [3.8, 4) is 0 Å². The molecule has 74 valence electrons. The Kier molecular flexibility index (Phi) is 6.45. The maximum Gasteiger partial charge on any atom is 0.000600 e. The number of nitrogens with zero attached hydrogens (tertiary/aromatic N) is 1. The van der Waals surface area contributed by atoms with E-state index < -0.39 is 0 Å². The van der Waals surface area contributed by atoms with Gasteiger partial charge in [0.1, 0.15) is 0 Å². The standard InChI is InChI=1S/C11H25N/c1-6-8-10(3)11(7-2)9-12(4)5/h10-11H,6-9H2,1-5H3. The molecular formula is C11H25N. The lowest BCUT2D eigenvalue weighted by atomic mass is 9.88. The minimum atomic E-state index is 0.889. The Morgan fingerprint density at radius 1 is 1.17 bits per heavy atom. The molecule has 0 radical (unpaired) electrons. The van der Waals surface area contributed by atoms with Gasteiger partial charge in [0.2, 0.25) is 0 Å². The molecule has 12 heavy (non-hydrogen) atoms. The molecular weight excluding hydrogens is 146 g/mol. The van der Waals surface area contributed by atoms with Gasteiger partial charge in [-0.3, -0.25) is 0 Å². The van der Waals surface area contributed by atoms with Crippen LogP contribution in [0.5, 0.6) is 0 Å². The van der Waals surface area contributed by atoms with Crippen molar-refractivity contribution in [3.05, 3.63) is 0 Å². The van der Waals surface area contributed by atoms with Gasteiger partial charge in [0, 0.05) is 6.54 Å². The highest BCUT2D eigenvalue weighted by molar-refractivity contribution is 4.67. The van der Waals surface area contributed by atoms with E-state index in [1.54, 1.807) is 0 Å². The molecule has 0 aromatic carbocycles. The quantitative estimate of drug-likeness (QED) is 0.594. The molecule has 0 bridgehead atoms. The monoisotopic (exact) mass is 171 g/mol. The van der Waals surface area contributed by atoms with E-state index in [0.29, 0.717) is 0 Å². The molecule has 0 aromatic rings. The van der Waals surface area contributed by atoms with Crippen molar-refractivity contribution < 1.29 is 0 Å². The maximum atomic E-state index is 2.39. The van der Waals surface area contributed by atoms with Crippen molar-refractivity contribution in [2.75, 3.05) is 20.6 Å². The predicted octanol–water partition coefficient (Wildman–Crippen LogP) is 3.01. The molecule has 1 nitrogen and oxygen atoms in total. The fourth-order valence-corrected chi connectivity index (χ4v) is 1.87. The zero-order chi connectivity index (χ0) is 9.56. The highest BCUT2D eigenvalue weighted by Crippen LogP contribution is 2.20. The summed E-state index contributed by atoms with van der Waals surface area (Å²) in [5.41, 5.74) is 0. The van der Waals surface area contributed by atoms with Crippen molar-refractivity contribution in [1.29, 1.82) is 0 Å². The van der Waals surface area contributed by atoms with Crippen LogP contribution < -0.4 is 0 Å². The normalized spacial score (nSPS) is 16.5. The van der Waals surface area contributed by atoms with Crippen LogP contribution >= 0.6 is 0 Å². The smallest absolute Gasteiger partial charge is 0.000600 e. The van der Waals surface area contributed by atoms with Crippen molar-refractivity contribution in [1.82, 2.24) is 4.90 Å². The lowest BCUT2D eigenvalue weighted by molar-refractivity contribution is 0.241. The summed E-state index contributed by atoms with van der Waals surface area (Å²) in [6.07, 6.45) is 4.02. The summed E-state index contributed by atoms with van der Waals surface area (Å²) in [7, 11) is 4.34. The lowest BCUT2D eigenvalue weighted by Gasteiger charge is -2.25. The summed E-state index contributed by atoms with van der Waals surface area (Å²) in [5, 5.41) is 0. The molecule has 0 aliphatic heterocycles. The van der Waals surface area contributed by atoms with Gasteiger partial charge in [-0.1, -0.05) is 40.0 Å². The van der Waals surface area contributed by atoms with Crippen LogP contribution in [0.15, 0.2) is 0 Å². The second-order valence-electron chi connectivity index (χ2n) is 4.20. The van der Waals surface area contributed by atoms with Gasteiger partial charge < -0.3 is 4.90 Å². The van der Waals surface area contributed by atoms with E-state index in [4.69, 9.17) is 0 Å². The molecule has 2 atom stereocenters. The number of rotatable bonds is 6. The van der Waals surface area contributed by atoms with Crippen LogP contribution in [-0.4, -0.2) is 25.5 Å². The van der Waals surface area contributed by atoms with E-state index >= 15 is 0 Å². The molecule has 0 spiro atoms. The molecule has 2 unspecified atom stereocenters. The molecule has 0 aliphatic carbocycles. The van der Waals surface area contributed by atoms with E-state index in [-0.39, 0.29) is 0 Å². The van der Waals surface area contributed by atoms with E-state index in [1.165, 1.54) is 25.8 Å². The van der Waals surface area contributed by atoms with Crippen LogP contribution in [0, 0.1) is 11.8 Å². The summed E-state index contributed by atoms with van der Waals surface area (Å²) < 4.78 is 0. The zero-order valence-electron chi connectivity index (χ0n) is 9.43. The van der Waals surface area contributed by atoms with Gasteiger partial charge in [-0.05, 0) is 25.9 Å². The SMILES string of the molecule is CCCC(C)C(CC)CN(C)C. The molecule has 0 rings (SSSR count). The van der Waals surface area contributed by atoms with Crippen LogP contribution in [0.25, 0.3) is 0 Å². The second kappa shape index (κ2) is 6.47. The maximum absolute atomic E-state index is 2.39. The third-order valence-corrected chi connectivity index (χ3v) is 2.67. The predicted molar refractivity (Wildman–Crippen MR) is 56.4 cm³/mol. The minimum absolute atomic E-state index is 0.889. The summed E-state index contributed by atoms with van der Waals surface area (Å²) >= 11 is 0. The molecule has 0 saturated heterocycles. The Morgan fingerprint density at radius 3 is 2.08 bits per heavy atom. The molecule has 0 saturated carbocycles. The number of hydrogen-bond donors (Lipinski definition) is 0. The first-order chi connectivity index (χ1) is 5.61. The molecule has 0 N–H and O–H groups in total. The Balaban J connectivity index is 3.78. The fraction of sp³-hybridized carbons (Fsp3) is 1.00. The van der Waals surface area contributed by atoms with Crippen LogP contribution in [0.4, 0.5) is 0 Å². The summed E-state index contributed by atoms with van der Waals surface area (Å²) in [6.45, 7) is 8.22. The lowest BCUT2D eigenvalue weighted by Crippen LogP contribution is -2.25. The summed E-state index contributed by atoms with van der Waals surface area (Å²) in [6, 6.07) is 0. The third-order valence-electron chi connectivity index (χ3n) is 2.67. The average Bonchev–Trinajstić information content (AvgIpc) is 2.00. The molecule has 0 aromatic heterocycles. The highest BCUT2D eigenvalue weighted by Gasteiger charge is 2.14. The van der Waals surface area contributed by atoms with Crippen LogP contribution in [0.3, 0.4) is 0 Å². The van der Waals surface area contributed by atoms with Crippen molar-refractivity contribution >= 4 is 0 Å². The topological polar surface area (TPSA) is 3.24 Å². The Morgan fingerprint density at radius 2 is 1.75 bits per heavy atom. The first-order valence-electron chi connectivity index (χ1n) is 5.26. The molecule has 1 heteroatoms. The van der Waals surface area contributed by atoms with Crippen LogP contribution in [-0.2, 0) is 0 Å². The first kappa shape index (κ1) is 12.0. The summed E-state index contributed by atoms with van der Waals surface area (Å²) in [4.78, 5) is 2.31. The van der Waals surface area contributed by atoms with Crippen molar-refractivity contribution in [3.63, 3.8) is 0 Å². The van der Waals surface area contributed by atoms with Gasteiger partial charge in [-0.15, -0.1) is 0 Å². The van der Waals surface area contributed by atoms with Crippen LogP contribution in [0.2, 0.25) is 0 Å². The van der Waals surface area contributed by atoms with E-state index in [1.807, 2.05) is 0 Å². The fourth-order valence-electron chi connectivity index (χ4n) is 1.87. The number of hydrogen-bond acceptors (Lipinski definition) is 1. The first-order valence-corrected chi connectivity index (χ1v) is 5.26. The Hall–Kier alpha value is -0.0400. The van der Waals surface area contributed by atoms with E-state index in [2.05, 4.69) is 39.8 Å². The molecule has 0 fully saturated rings. The molecule has 0 aliphatic rings. The average molecular weight is 171 g/mol. The molecule has 0 heterocycles. The van der Waals surface area contributed by atoms with Gasteiger partial charge in [-0.25, -0.2) is 0 Å². The minimum Gasteiger partial charge on any atom is -0.309 e. The van der Waals surface area contributed by atoms with Crippen LogP contribution in [0.1, 0.15) is 40.0 Å². The third kappa shape index (κ3) is 4.76. The Bertz CT molecular complexity index is 99.2. The van der Waals surface area contributed by atoms with E-state index in [9.17, 15) is 0 Å². The summed E-state index contributed by atoms with van der Waals surface area (Å²) in [5.74, 6) is 1.78. The van der Waals surface area contributed by atoms with E-state index in [0.717, 1.165) is 11.8 Å². The van der Waals surface area contributed by atoms with Crippen molar-refractivity contribution in [2.45, 2.75) is 40.0 Å². The zero-order valence-corrected chi connectivity index (χ0v) is 9.43. The van der Waals surface area contributed by atoms with Gasteiger partial charge in [0.15, 0.2) is 0 Å². The Labute approximate surface area is 78.1 Å². The van der Waals surface area contributed by atoms with Gasteiger partial charge in [0.25, 0.3) is 0 Å². The largest absolute Gasteiger partial charge is 0.309 e. The van der Waals surface area contributed by atoms with Gasteiger partial charge in [-0.2, -0.15) is 0 Å². The van der Waals surface area contributed by atoms with Gasteiger partial charge >= 0.3 is 0 Å². The molecule has 0 amide bonds. The van der Waals surface area contributed by atoms with Gasteiger partial charge in [0.05, 0.1) is 0 Å².